The monoisotopic (exact) mass is 327 g/mol. The first-order valence-electron chi connectivity index (χ1n) is 6.90. The van der Waals surface area contributed by atoms with Crippen LogP contribution in [0.25, 0.3) is 0 Å². The van der Waals surface area contributed by atoms with E-state index in [9.17, 15) is 5.11 Å². The molecule has 3 nitrogen and oxygen atoms in total. The first kappa shape index (κ1) is 15.0. The van der Waals surface area contributed by atoms with Gasteiger partial charge in [0.15, 0.2) is 0 Å². The van der Waals surface area contributed by atoms with Gasteiger partial charge in [0, 0.05) is 23.7 Å². The summed E-state index contributed by atoms with van der Waals surface area (Å²) in [5.74, 6) is 0.749. The van der Waals surface area contributed by atoms with E-state index in [1.807, 2.05) is 18.2 Å². The van der Waals surface area contributed by atoms with Gasteiger partial charge < -0.3 is 15.2 Å². The molecule has 0 spiro atoms. The molecule has 106 valence electrons. The number of nitrogens with one attached hydrogen (secondary N) is 1. The topological polar surface area (TPSA) is 41.5 Å². The zero-order valence-electron chi connectivity index (χ0n) is 11.3. The average Bonchev–Trinajstić information content (AvgIpc) is 3.20. The zero-order valence-corrected chi connectivity index (χ0v) is 12.9. The van der Waals surface area contributed by atoms with E-state index in [1.54, 1.807) is 0 Å². The Labute approximate surface area is 123 Å². The molecule has 0 aromatic heterocycles. The van der Waals surface area contributed by atoms with E-state index in [2.05, 4.69) is 34.2 Å². The Morgan fingerprint density at radius 1 is 1.42 bits per heavy atom. The molecule has 2 rings (SSSR count). The Kier molecular flexibility index (Phi) is 5.82. The van der Waals surface area contributed by atoms with Gasteiger partial charge in [0.05, 0.1) is 12.7 Å². The number of rotatable bonds is 8. The fraction of sp³-hybridized carbons (Fsp3) is 0.600. The number of hydrogen-bond donors (Lipinski definition) is 2. The van der Waals surface area contributed by atoms with Crippen LogP contribution in [-0.4, -0.2) is 31.0 Å². The van der Waals surface area contributed by atoms with Crippen molar-refractivity contribution in [2.75, 3.05) is 19.8 Å². The zero-order chi connectivity index (χ0) is 13.7. The molecule has 0 heterocycles. The third-order valence-corrected chi connectivity index (χ3v) is 4.11. The van der Waals surface area contributed by atoms with E-state index in [0.717, 1.165) is 17.0 Å². The van der Waals surface area contributed by atoms with Crippen LogP contribution >= 0.6 is 15.9 Å². The Balaban J connectivity index is 1.67. The van der Waals surface area contributed by atoms with E-state index in [4.69, 9.17) is 4.74 Å². The Bertz CT molecular complexity index is 395. The SMILES string of the molecule is C[C@@H](NCC(O)COCC1CC1)c1ccccc1Br. The third kappa shape index (κ3) is 5.22. The quantitative estimate of drug-likeness (QED) is 0.771. The van der Waals surface area contributed by atoms with Gasteiger partial charge in [-0.15, -0.1) is 0 Å². The molecule has 1 aliphatic rings. The van der Waals surface area contributed by atoms with Gasteiger partial charge in [0.2, 0.25) is 0 Å². The third-order valence-electron chi connectivity index (χ3n) is 3.39. The second-order valence-corrected chi connectivity index (χ2v) is 6.14. The fourth-order valence-electron chi connectivity index (χ4n) is 1.96. The molecule has 1 aliphatic carbocycles. The van der Waals surface area contributed by atoms with Crippen LogP contribution in [0.1, 0.15) is 31.4 Å². The minimum absolute atomic E-state index is 0.202. The van der Waals surface area contributed by atoms with E-state index < -0.39 is 6.10 Å². The summed E-state index contributed by atoms with van der Waals surface area (Å²) >= 11 is 3.54. The smallest absolute Gasteiger partial charge is 0.0897 e. The lowest BCUT2D eigenvalue weighted by atomic mass is 10.1. The second-order valence-electron chi connectivity index (χ2n) is 5.29. The van der Waals surface area contributed by atoms with Crippen molar-refractivity contribution in [3.63, 3.8) is 0 Å². The predicted molar refractivity (Wildman–Crippen MR) is 80.1 cm³/mol. The molecular formula is C15H22BrNO2. The van der Waals surface area contributed by atoms with Crippen LogP contribution < -0.4 is 5.32 Å². The van der Waals surface area contributed by atoms with Gasteiger partial charge in [-0.05, 0) is 37.3 Å². The number of ether oxygens (including phenoxy) is 1. The minimum atomic E-state index is -0.441. The van der Waals surface area contributed by atoms with Gasteiger partial charge >= 0.3 is 0 Å². The maximum Gasteiger partial charge on any atom is 0.0897 e. The fourth-order valence-corrected chi connectivity index (χ4v) is 2.59. The van der Waals surface area contributed by atoms with Crippen molar-refractivity contribution in [2.45, 2.75) is 31.9 Å². The summed E-state index contributed by atoms with van der Waals surface area (Å²) in [5, 5.41) is 13.2. The van der Waals surface area contributed by atoms with Crippen molar-refractivity contribution in [3.05, 3.63) is 34.3 Å². The molecule has 1 fully saturated rings. The highest BCUT2D eigenvalue weighted by atomic mass is 79.9. The Morgan fingerprint density at radius 2 is 2.16 bits per heavy atom. The number of halogens is 1. The first-order chi connectivity index (χ1) is 9.16. The second kappa shape index (κ2) is 7.39. The summed E-state index contributed by atoms with van der Waals surface area (Å²) in [6.07, 6.45) is 2.13. The largest absolute Gasteiger partial charge is 0.389 e. The van der Waals surface area contributed by atoms with Crippen molar-refractivity contribution in [1.29, 1.82) is 0 Å². The number of hydrogen-bond acceptors (Lipinski definition) is 3. The van der Waals surface area contributed by atoms with Crippen LogP contribution in [0.5, 0.6) is 0 Å². The van der Waals surface area contributed by atoms with E-state index in [1.165, 1.54) is 18.4 Å². The van der Waals surface area contributed by atoms with Crippen LogP contribution in [-0.2, 0) is 4.74 Å². The first-order valence-corrected chi connectivity index (χ1v) is 7.69. The Hall–Kier alpha value is -0.420. The highest BCUT2D eigenvalue weighted by Crippen LogP contribution is 2.28. The van der Waals surface area contributed by atoms with Crippen molar-refractivity contribution in [3.8, 4) is 0 Å². The van der Waals surface area contributed by atoms with Crippen molar-refractivity contribution in [2.24, 2.45) is 5.92 Å². The predicted octanol–water partition coefficient (Wildman–Crippen LogP) is 2.89. The van der Waals surface area contributed by atoms with Gasteiger partial charge in [0.25, 0.3) is 0 Å². The molecule has 1 aromatic rings. The average molecular weight is 328 g/mol. The summed E-state index contributed by atoms with van der Waals surface area (Å²) in [6.45, 7) is 3.87. The molecule has 0 saturated heterocycles. The van der Waals surface area contributed by atoms with Gasteiger partial charge in [0.1, 0.15) is 0 Å². The standard InChI is InChI=1S/C15H22BrNO2/c1-11(14-4-2-3-5-15(14)16)17-8-13(18)10-19-9-12-6-7-12/h2-5,11-13,17-18H,6-10H2,1H3/t11-,13?/m1/s1. The molecule has 0 aliphatic heterocycles. The van der Waals surface area contributed by atoms with Gasteiger partial charge in [-0.3, -0.25) is 0 Å². The molecule has 1 saturated carbocycles. The molecule has 2 atom stereocenters. The van der Waals surface area contributed by atoms with Crippen molar-refractivity contribution >= 4 is 15.9 Å². The van der Waals surface area contributed by atoms with Crippen LogP contribution in [0.4, 0.5) is 0 Å². The lowest BCUT2D eigenvalue weighted by Crippen LogP contribution is -2.32. The van der Waals surface area contributed by atoms with Crippen LogP contribution in [0.15, 0.2) is 28.7 Å². The number of benzene rings is 1. The molecule has 2 N–H and O–H groups in total. The van der Waals surface area contributed by atoms with E-state index in [-0.39, 0.29) is 6.04 Å². The molecular weight excluding hydrogens is 306 g/mol. The van der Waals surface area contributed by atoms with Crippen molar-refractivity contribution < 1.29 is 9.84 Å². The van der Waals surface area contributed by atoms with Crippen LogP contribution in [0, 0.1) is 5.92 Å². The van der Waals surface area contributed by atoms with E-state index >= 15 is 0 Å². The maximum atomic E-state index is 9.85. The summed E-state index contributed by atoms with van der Waals surface area (Å²) in [4.78, 5) is 0. The molecule has 0 bridgehead atoms. The summed E-state index contributed by atoms with van der Waals surface area (Å²) in [6, 6.07) is 8.34. The molecule has 4 heteroatoms. The lowest BCUT2D eigenvalue weighted by molar-refractivity contribution is 0.0315. The summed E-state index contributed by atoms with van der Waals surface area (Å²) < 4.78 is 6.57. The molecule has 0 amide bonds. The van der Waals surface area contributed by atoms with Crippen molar-refractivity contribution in [1.82, 2.24) is 5.32 Å². The van der Waals surface area contributed by atoms with Gasteiger partial charge in [-0.2, -0.15) is 0 Å². The molecule has 1 unspecified atom stereocenters. The number of aliphatic hydroxyl groups excluding tert-OH is 1. The minimum Gasteiger partial charge on any atom is -0.389 e. The molecule has 0 radical (unpaired) electrons. The normalized spacial score (nSPS) is 18.3. The number of aliphatic hydroxyl groups is 1. The maximum absolute atomic E-state index is 9.85. The van der Waals surface area contributed by atoms with Crippen LogP contribution in [0.3, 0.4) is 0 Å². The Morgan fingerprint density at radius 3 is 2.84 bits per heavy atom. The summed E-state index contributed by atoms with van der Waals surface area (Å²) in [5.41, 5.74) is 1.20. The summed E-state index contributed by atoms with van der Waals surface area (Å²) in [7, 11) is 0. The van der Waals surface area contributed by atoms with E-state index in [0.29, 0.717) is 13.2 Å². The molecule has 19 heavy (non-hydrogen) atoms. The lowest BCUT2D eigenvalue weighted by Gasteiger charge is -2.18. The highest BCUT2D eigenvalue weighted by Gasteiger charge is 2.21. The highest BCUT2D eigenvalue weighted by molar-refractivity contribution is 9.10. The van der Waals surface area contributed by atoms with Gasteiger partial charge in [-0.1, -0.05) is 34.1 Å². The van der Waals surface area contributed by atoms with Gasteiger partial charge in [-0.25, -0.2) is 0 Å². The molecule has 1 aromatic carbocycles. The van der Waals surface area contributed by atoms with Crippen LogP contribution in [0.2, 0.25) is 0 Å².